The summed E-state index contributed by atoms with van der Waals surface area (Å²) in [4.78, 5) is 14.4. The lowest BCUT2D eigenvalue weighted by Gasteiger charge is -2.07. The van der Waals surface area contributed by atoms with Crippen LogP contribution < -0.4 is 5.32 Å². The highest BCUT2D eigenvalue weighted by Crippen LogP contribution is 2.18. The lowest BCUT2D eigenvalue weighted by Crippen LogP contribution is -2.00. The Kier molecular flexibility index (Phi) is 3.23. The fraction of sp³-hybridized carbons (Fsp3) is 0.0769. The molecule has 0 aliphatic heterocycles. The normalized spacial score (nSPS) is 10.1. The summed E-state index contributed by atoms with van der Waals surface area (Å²) >= 11 is 0. The molecule has 1 aromatic heterocycles. The Morgan fingerprint density at radius 2 is 2.06 bits per heavy atom. The minimum atomic E-state index is -1.08. The van der Waals surface area contributed by atoms with Gasteiger partial charge in [0.05, 0.1) is 11.9 Å². The number of nitrogens with one attached hydrogen (secondary N) is 1. The quantitative estimate of drug-likeness (QED) is 0.874. The number of nitrogens with zero attached hydrogens (tertiary/aromatic N) is 1. The number of hydrogen-bond acceptors (Lipinski definition) is 3. The fourth-order valence-electron chi connectivity index (χ4n) is 1.57. The van der Waals surface area contributed by atoms with Crippen molar-refractivity contribution < 1.29 is 14.3 Å². The monoisotopic (exact) mass is 246 g/mol. The maximum Gasteiger partial charge on any atom is 0.354 e. The van der Waals surface area contributed by atoms with Crippen LogP contribution in [0.3, 0.4) is 0 Å². The van der Waals surface area contributed by atoms with Crippen molar-refractivity contribution in [2.75, 3.05) is 5.32 Å². The smallest absolute Gasteiger partial charge is 0.354 e. The number of hydrogen-bond donors (Lipinski definition) is 2. The Bertz CT molecular complexity index is 562. The number of carboxylic acid groups (broad SMARTS) is 1. The average molecular weight is 246 g/mol. The standard InChI is InChI=1S/C13H11FN2O2/c1-8-4-9(14)6-11(5-8)16-10-2-3-12(13(17)18)15-7-10/h2-7,16H,1H3,(H,17,18). The van der Waals surface area contributed by atoms with Gasteiger partial charge in [0.1, 0.15) is 11.5 Å². The highest BCUT2D eigenvalue weighted by atomic mass is 19.1. The Labute approximate surface area is 103 Å². The van der Waals surface area contributed by atoms with E-state index in [1.165, 1.54) is 24.4 Å². The molecule has 1 heterocycles. The van der Waals surface area contributed by atoms with Crippen LogP contribution in [0.5, 0.6) is 0 Å². The van der Waals surface area contributed by atoms with E-state index in [-0.39, 0.29) is 11.5 Å². The molecule has 2 rings (SSSR count). The van der Waals surface area contributed by atoms with Crippen molar-refractivity contribution >= 4 is 17.3 Å². The molecule has 0 unspecified atom stereocenters. The summed E-state index contributed by atoms with van der Waals surface area (Å²) in [7, 11) is 0. The van der Waals surface area contributed by atoms with Crippen LogP contribution in [0.25, 0.3) is 0 Å². The summed E-state index contributed by atoms with van der Waals surface area (Å²) in [5, 5.41) is 11.7. The largest absolute Gasteiger partial charge is 0.477 e. The molecule has 0 radical (unpaired) electrons. The van der Waals surface area contributed by atoms with Gasteiger partial charge in [-0.05, 0) is 42.8 Å². The molecule has 5 heteroatoms. The Hall–Kier alpha value is -2.43. The van der Waals surface area contributed by atoms with Crippen LogP contribution in [-0.2, 0) is 0 Å². The van der Waals surface area contributed by atoms with Crippen molar-refractivity contribution in [3.63, 3.8) is 0 Å². The molecule has 2 aromatic rings. The van der Waals surface area contributed by atoms with Crippen LogP contribution in [-0.4, -0.2) is 16.1 Å². The van der Waals surface area contributed by atoms with Crippen molar-refractivity contribution in [1.82, 2.24) is 4.98 Å². The van der Waals surface area contributed by atoms with E-state index in [2.05, 4.69) is 10.3 Å². The van der Waals surface area contributed by atoms with Gasteiger partial charge < -0.3 is 10.4 Å². The molecule has 18 heavy (non-hydrogen) atoms. The summed E-state index contributed by atoms with van der Waals surface area (Å²) < 4.78 is 13.2. The first-order valence-corrected chi connectivity index (χ1v) is 5.28. The Morgan fingerprint density at radius 3 is 2.61 bits per heavy atom. The summed E-state index contributed by atoms with van der Waals surface area (Å²) in [6.45, 7) is 1.79. The second-order valence-electron chi connectivity index (χ2n) is 3.88. The van der Waals surface area contributed by atoms with Crippen molar-refractivity contribution in [3.05, 3.63) is 53.6 Å². The summed E-state index contributed by atoms with van der Waals surface area (Å²) in [5.41, 5.74) is 1.96. The van der Waals surface area contributed by atoms with Crippen molar-refractivity contribution in [1.29, 1.82) is 0 Å². The number of carbonyl (C=O) groups is 1. The van der Waals surface area contributed by atoms with E-state index in [0.29, 0.717) is 11.4 Å². The van der Waals surface area contributed by atoms with E-state index in [0.717, 1.165) is 5.56 Å². The van der Waals surface area contributed by atoms with E-state index < -0.39 is 5.97 Å². The van der Waals surface area contributed by atoms with Gasteiger partial charge in [0, 0.05) is 5.69 Å². The average Bonchev–Trinajstić information content (AvgIpc) is 2.28. The molecule has 0 saturated heterocycles. The second-order valence-corrected chi connectivity index (χ2v) is 3.88. The number of rotatable bonds is 3. The van der Waals surface area contributed by atoms with Gasteiger partial charge in [-0.3, -0.25) is 0 Å². The third kappa shape index (κ3) is 2.82. The Balaban J connectivity index is 2.20. The first kappa shape index (κ1) is 12.0. The second kappa shape index (κ2) is 4.83. The number of pyridine rings is 1. The molecule has 0 saturated carbocycles. The maximum absolute atomic E-state index is 13.2. The zero-order valence-corrected chi connectivity index (χ0v) is 9.64. The molecule has 0 aliphatic rings. The number of benzene rings is 1. The molecule has 0 amide bonds. The SMILES string of the molecule is Cc1cc(F)cc(Nc2ccc(C(=O)O)nc2)c1. The minimum absolute atomic E-state index is 0.0315. The van der Waals surface area contributed by atoms with Crippen LogP contribution in [0.2, 0.25) is 0 Å². The van der Waals surface area contributed by atoms with Gasteiger partial charge in [-0.2, -0.15) is 0 Å². The fourth-order valence-corrected chi connectivity index (χ4v) is 1.57. The van der Waals surface area contributed by atoms with Gasteiger partial charge in [0.15, 0.2) is 0 Å². The molecule has 4 nitrogen and oxygen atoms in total. The van der Waals surface area contributed by atoms with Crippen LogP contribution in [0.4, 0.5) is 15.8 Å². The van der Waals surface area contributed by atoms with E-state index in [1.807, 2.05) is 0 Å². The van der Waals surface area contributed by atoms with E-state index in [1.54, 1.807) is 19.1 Å². The van der Waals surface area contributed by atoms with Crippen molar-refractivity contribution in [2.24, 2.45) is 0 Å². The van der Waals surface area contributed by atoms with Gasteiger partial charge in [-0.25, -0.2) is 14.2 Å². The molecule has 0 bridgehead atoms. The number of carboxylic acids is 1. The van der Waals surface area contributed by atoms with Crippen LogP contribution in [0.15, 0.2) is 36.5 Å². The Morgan fingerprint density at radius 1 is 1.28 bits per heavy atom. The number of anilines is 2. The third-order valence-electron chi connectivity index (χ3n) is 2.31. The lowest BCUT2D eigenvalue weighted by atomic mass is 10.2. The van der Waals surface area contributed by atoms with Gasteiger partial charge in [0.2, 0.25) is 0 Å². The molecule has 0 aliphatic carbocycles. The molecule has 2 N–H and O–H groups in total. The van der Waals surface area contributed by atoms with E-state index >= 15 is 0 Å². The minimum Gasteiger partial charge on any atom is -0.477 e. The lowest BCUT2D eigenvalue weighted by molar-refractivity contribution is 0.0690. The summed E-state index contributed by atoms with van der Waals surface area (Å²) in [6, 6.07) is 7.54. The molecular formula is C13H11FN2O2. The van der Waals surface area contributed by atoms with Gasteiger partial charge in [-0.15, -0.1) is 0 Å². The first-order chi connectivity index (χ1) is 8.54. The zero-order valence-electron chi connectivity index (χ0n) is 9.64. The third-order valence-corrected chi connectivity index (χ3v) is 2.31. The molecule has 0 atom stereocenters. The number of aromatic carboxylic acids is 1. The van der Waals surface area contributed by atoms with Crippen molar-refractivity contribution in [3.8, 4) is 0 Å². The molecule has 1 aromatic carbocycles. The van der Waals surface area contributed by atoms with Crippen LogP contribution in [0.1, 0.15) is 16.1 Å². The van der Waals surface area contributed by atoms with Gasteiger partial charge >= 0.3 is 5.97 Å². The molecule has 0 spiro atoms. The number of aromatic nitrogens is 1. The van der Waals surface area contributed by atoms with Crippen molar-refractivity contribution in [2.45, 2.75) is 6.92 Å². The maximum atomic E-state index is 13.2. The first-order valence-electron chi connectivity index (χ1n) is 5.28. The van der Waals surface area contributed by atoms with Gasteiger partial charge in [0.25, 0.3) is 0 Å². The zero-order chi connectivity index (χ0) is 13.1. The van der Waals surface area contributed by atoms with Gasteiger partial charge in [-0.1, -0.05) is 0 Å². The highest BCUT2D eigenvalue weighted by Gasteiger charge is 2.04. The van der Waals surface area contributed by atoms with Crippen LogP contribution in [0, 0.1) is 12.7 Å². The number of halogens is 1. The number of aryl methyl sites for hydroxylation is 1. The summed E-state index contributed by atoms with van der Waals surface area (Å²) in [6.07, 6.45) is 1.39. The predicted octanol–water partition coefficient (Wildman–Crippen LogP) is 2.97. The molecule has 92 valence electrons. The predicted molar refractivity (Wildman–Crippen MR) is 65.6 cm³/mol. The molecular weight excluding hydrogens is 235 g/mol. The highest BCUT2D eigenvalue weighted by molar-refractivity contribution is 5.85. The topological polar surface area (TPSA) is 62.2 Å². The summed E-state index contributed by atoms with van der Waals surface area (Å²) in [5.74, 6) is -1.41. The van der Waals surface area contributed by atoms with E-state index in [9.17, 15) is 9.18 Å². The van der Waals surface area contributed by atoms with E-state index in [4.69, 9.17) is 5.11 Å². The van der Waals surface area contributed by atoms with Crippen LogP contribution >= 0.6 is 0 Å². The molecule has 0 fully saturated rings.